The topological polar surface area (TPSA) is 36.4 Å². The highest BCUT2D eigenvalue weighted by Gasteiger charge is 1.96. The molecule has 0 unspecified atom stereocenters. The molecular formula is C17H16FN3S. The van der Waals surface area contributed by atoms with Crippen LogP contribution in [0, 0.1) is 5.82 Å². The van der Waals surface area contributed by atoms with E-state index >= 15 is 0 Å². The molecule has 0 radical (unpaired) electrons. The number of anilines is 1. The molecule has 0 bridgehead atoms. The van der Waals surface area contributed by atoms with Gasteiger partial charge in [0.2, 0.25) is 0 Å². The molecule has 2 aromatic rings. The minimum absolute atomic E-state index is 0.288. The molecule has 0 aliphatic rings. The van der Waals surface area contributed by atoms with Crippen LogP contribution in [0.25, 0.3) is 6.08 Å². The van der Waals surface area contributed by atoms with Gasteiger partial charge in [-0.1, -0.05) is 36.4 Å². The van der Waals surface area contributed by atoms with Gasteiger partial charge < -0.3 is 5.32 Å². The van der Waals surface area contributed by atoms with E-state index in [1.807, 2.05) is 43.3 Å². The number of nitrogens with zero attached hydrogens (tertiary/aromatic N) is 1. The molecule has 0 aromatic heterocycles. The quantitative estimate of drug-likeness (QED) is 0.504. The van der Waals surface area contributed by atoms with Gasteiger partial charge in [-0.15, -0.1) is 0 Å². The maximum atomic E-state index is 12.8. The van der Waals surface area contributed by atoms with Gasteiger partial charge in [-0.05, 0) is 54.5 Å². The Kier molecular flexibility index (Phi) is 5.80. The third-order valence-corrected chi connectivity index (χ3v) is 2.92. The molecule has 0 saturated carbocycles. The van der Waals surface area contributed by atoms with Crippen molar-refractivity contribution in [2.45, 2.75) is 6.92 Å². The number of nitrogens with one attached hydrogen (secondary N) is 2. The van der Waals surface area contributed by atoms with E-state index in [1.165, 1.54) is 12.1 Å². The van der Waals surface area contributed by atoms with Gasteiger partial charge >= 0.3 is 0 Å². The van der Waals surface area contributed by atoms with Crippen molar-refractivity contribution in [2.75, 3.05) is 5.32 Å². The second kappa shape index (κ2) is 8.05. The van der Waals surface area contributed by atoms with Crippen LogP contribution >= 0.6 is 12.2 Å². The molecule has 0 aliphatic carbocycles. The third kappa shape index (κ3) is 5.46. The molecule has 112 valence electrons. The number of hydrazone groups is 1. The molecule has 0 atom stereocenters. The average Bonchev–Trinajstić information content (AvgIpc) is 2.50. The van der Waals surface area contributed by atoms with Gasteiger partial charge in [0.1, 0.15) is 5.82 Å². The lowest BCUT2D eigenvalue weighted by atomic mass is 10.1. The van der Waals surface area contributed by atoms with Crippen molar-refractivity contribution in [1.82, 2.24) is 5.43 Å². The average molecular weight is 313 g/mol. The fourth-order valence-corrected chi connectivity index (χ4v) is 1.90. The lowest BCUT2D eigenvalue weighted by molar-refractivity contribution is 0.628. The maximum Gasteiger partial charge on any atom is 0.191 e. The zero-order valence-electron chi connectivity index (χ0n) is 12.1. The number of allylic oxidation sites excluding steroid dienone is 1. The van der Waals surface area contributed by atoms with Crippen LogP contribution in [0.15, 0.2) is 65.3 Å². The smallest absolute Gasteiger partial charge is 0.191 e. The molecule has 0 fully saturated rings. The van der Waals surface area contributed by atoms with E-state index in [0.29, 0.717) is 10.8 Å². The highest BCUT2D eigenvalue weighted by atomic mass is 32.1. The normalized spacial score (nSPS) is 11.5. The Labute approximate surface area is 134 Å². The Bertz CT molecular complexity index is 679. The van der Waals surface area contributed by atoms with Crippen molar-refractivity contribution >= 4 is 35.3 Å². The molecule has 5 heteroatoms. The van der Waals surface area contributed by atoms with Gasteiger partial charge in [-0.25, -0.2) is 4.39 Å². The van der Waals surface area contributed by atoms with E-state index in [2.05, 4.69) is 15.8 Å². The number of benzene rings is 2. The van der Waals surface area contributed by atoms with E-state index in [1.54, 1.807) is 18.3 Å². The molecule has 0 amide bonds. The Morgan fingerprint density at radius 2 is 1.77 bits per heavy atom. The van der Waals surface area contributed by atoms with Gasteiger partial charge in [0.15, 0.2) is 5.11 Å². The van der Waals surface area contributed by atoms with Crippen LogP contribution in [0.1, 0.15) is 12.5 Å². The van der Waals surface area contributed by atoms with Crippen LogP contribution in [-0.4, -0.2) is 11.3 Å². The Balaban J connectivity index is 1.85. The van der Waals surface area contributed by atoms with Crippen LogP contribution in [-0.2, 0) is 0 Å². The molecule has 2 N–H and O–H groups in total. The summed E-state index contributed by atoms with van der Waals surface area (Å²) in [6.45, 7) is 1.95. The zero-order chi connectivity index (χ0) is 15.8. The van der Waals surface area contributed by atoms with Crippen LogP contribution in [0.2, 0.25) is 0 Å². The molecule has 3 nitrogen and oxygen atoms in total. The largest absolute Gasteiger partial charge is 0.331 e. The fraction of sp³-hybridized carbons (Fsp3) is 0.0588. The second-order valence-corrected chi connectivity index (χ2v) is 5.04. The summed E-state index contributed by atoms with van der Waals surface area (Å²) < 4.78 is 12.8. The Morgan fingerprint density at radius 3 is 2.45 bits per heavy atom. The molecule has 2 aromatic carbocycles. The van der Waals surface area contributed by atoms with Crippen LogP contribution in [0.3, 0.4) is 0 Å². The van der Waals surface area contributed by atoms with E-state index in [-0.39, 0.29) is 5.82 Å². The van der Waals surface area contributed by atoms with E-state index in [9.17, 15) is 4.39 Å². The van der Waals surface area contributed by atoms with E-state index < -0.39 is 0 Å². The lowest BCUT2D eigenvalue weighted by Gasteiger charge is -2.06. The molecular weight excluding hydrogens is 297 g/mol. The maximum absolute atomic E-state index is 12.8. The molecule has 0 spiro atoms. The first-order valence-corrected chi connectivity index (χ1v) is 7.13. The van der Waals surface area contributed by atoms with Crippen molar-refractivity contribution in [3.8, 4) is 0 Å². The highest BCUT2D eigenvalue weighted by Crippen LogP contribution is 2.08. The lowest BCUT2D eigenvalue weighted by Crippen LogP contribution is -2.23. The monoisotopic (exact) mass is 313 g/mol. The standard InChI is InChI=1S/C17H16FN3S/c1-13(11-14-5-3-2-4-6-14)12-19-21-17(22)20-16-9-7-15(18)8-10-16/h2-12H,1H3,(H2,20,21,22)/b13-11-,19-12-. The Morgan fingerprint density at radius 1 is 1.09 bits per heavy atom. The Hall–Kier alpha value is -2.53. The summed E-state index contributed by atoms with van der Waals surface area (Å²) in [5.74, 6) is -0.288. The SMILES string of the molecule is CC(/C=N\NC(=S)Nc1ccc(F)cc1)=C/c1ccccc1. The molecule has 0 saturated heterocycles. The second-order valence-electron chi connectivity index (χ2n) is 4.63. The van der Waals surface area contributed by atoms with Crippen LogP contribution in [0.5, 0.6) is 0 Å². The molecule has 22 heavy (non-hydrogen) atoms. The number of hydrogen-bond acceptors (Lipinski definition) is 2. The van der Waals surface area contributed by atoms with Crippen molar-refractivity contribution in [2.24, 2.45) is 5.10 Å². The summed E-state index contributed by atoms with van der Waals surface area (Å²) in [5, 5.41) is 7.32. The fourth-order valence-electron chi connectivity index (χ4n) is 1.73. The highest BCUT2D eigenvalue weighted by molar-refractivity contribution is 7.80. The third-order valence-electron chi connectivity index (χ3n) is 2.73. The number of rotatable bonds is 4. The summed E-state index contributed by atoms with van der Waals surface area (Å²) in [7, 11) is 0. The predicted octanol–water partition coefficient (Wildman–Crippen LogP) is 4.20. The summed E-state index contributed by atoms with van der Waals surface area (Å²) in [6, 6.07) is 15.9. The van der Waals surface area contributed by atoms with Crippen molar-refractivity contribution in [1.29, 1.82) is 0 Å². The van der Waals surface area contributed by atoms with Crippen LogP contribution in [0.4, 0.5) is 10.1 Å². The molecule has 0 aliphatic heterocycles. The van der Waals surface area contributed by atoms with Crippen LogP contribution < -0.4 is 10.7 Å². The van der Waals surface area contributed by atoms with Crippen molar-refractivity contribution in [3.05, 3.63) is 71.6 Å². The van der Waals surface area contributed by atoms with Gasteiger partial charge in [-0.3, -0.25) is 5.43 Å². The number of thiocarbonyl (C=S) groups is 1. The first kappa shape index (κ1) is 15.9. The van der Waals surface area contributed by atoms with E-state index in [4.69, 9.17) is 12.2 Å². The van der Waals surface area contributed by atoms with Crippen molar-refractivity contribution in [3.63, 3.8) is 0 Å². The van der Waals surface area contributed by atoms with Gasteiger partial charge in [-0.2, -0.15) is 5.10 Å². The first-order chi connectivity index (χ1) is 10.6. The first-order valence-electron chi connectivity index (χ1n) is 6.72. The summed E-state index contributed by atoms with van der Waals surface area (Å²) in [4.78, 5) is 0. The minimum atomic E-state index is -0.288. The molecule has 2 rings (SSSR count). The number of hydrogen-bond donors (Lipinski definition) is 2. The molecule has 0 heterocycles. The summed E-state index contributed by atoms with van der Waals surface area (Å²) in [6.07, 6.45) is 3.70. The van der Waals surface area contributed by atoms with Gasteiger partial charge in [0.25, 0.3) is 0 Å². The van der Waals surface area contributed by atoms with Crippen molar-refractivity contribution < 1.29 is 4.39 Å². The zero-order valence-corrected chi connectivity index (χ0v) is 12.9. The van der Waals surface area contributed by atoms with Gasteiger partial charge in [0.05, 0.1) is 6.21 Å². The van der Waals surface area contributed by atoms with E-state index in [0.717, 1.165) is 11.1 Å². The van der Waals surface area contributed by atoms with Gasteiger partial charge in [0, 0.05) is 5.69 Å². The summed E-state index contributed by atoms with van der Waals surface area (Å²) in [5.41, 5.74) is 5.52. The number of halogens is 1. The predicted molar refractivity (Wildman–Crippen MR) is 94.3 cm³/mol. The minimum Gasteiger partial charge on any atom is -0.331 e. The summed E-state index contributed by atoms with van der Waals surface area (Å²) >= 11 is 5.10.